The van der Waals surface area contributed by atoms with Crippen LogP contribution >= 0.6 is 0 Å². The van der Waals surface area contributed by atoms with Crippen LogP contribution in [0.3, 0.4) is 0 Å². The van der Waals surface area contributed by atoms with Crippen LogP contribution in [0.1, 0.15) is 12.0 Å². The maximum absolute atomic E-state index is 12.6. The quantitative estimate of drug-likeness (QED) is 0.867. The van der Waals surface area contributed by atoms with E-state index in [4.69, 9.17) is 4.74 Å². The number of rotatable bonds is 3. The normalized spacial score (nSPS) is 15.5. The van der Waals surface area contributed by atoms with Crippen molar-refractivity contribution in [2.75, 3.05) is 31.6 Å². The molecule has 2 amide bonds. The van der Waals surface area contributed by atoms with Gasteiger partial charge in [0.1, 0.15) is 6.42 Å². The number of alkyl halides is 3. The van der Waals surface area contributed by atoms with E-state index in [9.17, 15) is 22.8 Å². The molecular weight excluding hydrogens is 301 g/mol. The second kappa shape index (κ2) is 6.78. The molecule has 0 atom stereocenters. The van der Waals surface area contributed by atoms with Gasteiger partial charge < -0.3 is 15.0 Å². The third kappa shape index (κ3) is 4.45. The van der Waals surface area contributed by atoms with E-state index in [1.807, 2.05) is 0 Å². The lowest BCUT2D eigenvalue weighted by Gasteiger charge is -2.26. The van der Waals surface area contributed by atoms with Crippen LogP contribution in [0.5, 0.6) is 0 Å². The number of amides is 2. The van der Waals surface area contributed by atoms with E-state index in [1.165, 1.54) is 17.0 Å². The number of benzene rings is 1. The average molecular weight is 316 g/mol. The molecule has 0 radical (unpaired) electrons. The molecule has 1 N–H and O–H groups in total. The molecule has 0 bridgehead atoms. The van der Waals surface area contributed by atoms with Crippen molar-refractivity contribution < 1.29 is 27.5 Å². The summed E-state index contributed by atoms with van der Waals surface area (Å²) in [6.07, 6.45) is -4.89. The summed E-state index contributed by atoms with van der Waals surface area (Å²) in [5.74, 6) is -1.01. The number of halogens is 3. The van der Waals surface area contributed by atoms with Crippen LogP contribution in [0.4, 0.5) is 18.9 Å². The summed E-state index contributed by atoms with van der Waals surface area (Å²) in [6, 6.07) is 4.28. The monoisotopic (exact) mass is 316 g/mol. The number of morpholine rings is 1. The fourth-order valence-electron chi connectivity index (χ4n) is 2.04. The molecule has 0 saturated carbocycles. The van der Waals surface area contributed by atoms with Gasteiger partial charge in [0.2, 0.25) is 11.8 Å². The van der Waals surface area contributed by atoms with Crippen LogP contribution < -0.4 is 5.32 Å². The standard InChI is InChI=1S/C14H15F3N2O3/c15-14(16,17)10-2-1-3-11(8-10)18-12(20)9-13(21)19-4-6-22-7-5-19/h1-3,8H,4-7,9H2,(H,18,20). The van der Waals surface area contributed by atoms with Crippen molar-refractivity contribution in [3.05, 3.63) is 29.8 Å². The molecule has 0 aromatic heterocycles. The third-order valence-electron chi connectivity index (χ3n) is 3.15. The molecule has 0 unspecified atom stereocenters. The number of hydrogen-bond acceptors (Lipinski definition) is 3. The highest BCUT2D eigenvalue weighted by atomic mass is 19.4. The van der Waals surface area contributed by atoms with Gasteiger partial charge in [-0.15, -0.1) is 0 Å². The van der Waals surface area contributed by atoms with Crippen LogP contribution in [0.25, 0.3) is 0 Å². The summed E-state index contributed by atoms with van der Waals surface area (Å²) >= 11 is 0. The lowest BCUT2D eigenvalue weighted by atomic mass is 10.2. The lowest BCUT2D eigenvalue weighted by molar-refractivity contribution is -0.139. The number of hydrogen-bond donors (Lipinski definition) is 1. The number of nitrogens with zero attached hydrogens (tertiary/aromatic N) is 1. The Morgan fingerprint density at radius 2 is 1.91 bits per heavy atom. The molecule has 22 heavy (non-hydrogen) atoms. The molecule has 1 aliphatic rings. The SMILES string of the molecule is O=C(CC(=O)N1CCOCC1)Nc1cccc(C(F)(F)F)c1. The average Bonchev–Trinajstić information content (AvgIpc) is 2.47. The maximum atomic E-state index is 12.6. The first-order valence-corrected chi connectivity index (χ1v) is 6.69. The van der Waals surface area contributed by atoms with E-state index in [2.05, 4.69) is 5.32 Å². The number of carbonyl (C=O) groups is 2. The smallest absolute Gasteiger partial charge is 0.378 e. The lowest BCUT2D eigenvalue weighted by Crippen LogP contribution is -2.41. The Morgan fingerprint density at radius 1 is 1.23 bits per heavy atom. The Hall–Kier alpha value is -2.09. The predicted molar refractivity (Wildman–Crippen MR) is 72.1 cm³/mol. The van der Waals surface area contributed by atoms with Gasteiger partial charge in [-0.25, -0.2) is 0 Å². The first-order chi connectivity index (χ1) is 10.4. The first kappa shape index (κ1) is 16.3. The molecule has 1 saturated heterocycles. The van der Waals surface area contributed by atoms with E-state index < -0.39 is 24.1 Å². The molecule has 1 fully saturated rings. The molecular formula is C14H15F3N2O3. The Morgan fingerprint density at radius 3 is 2.55 bits per heavy atom. The fraction of sp³-hybridized carbons (Fsp3) is 0.429. The van der Waals surface area contributed by atoms with Gasteiger partial charge in [-0.1, -0.05) is 6.07 Å². The van der Waals surface area contributed by atoms with Crippen molar-refractivity contribution in [2.45, 2.75) is 12.6 Å². The van der Waals surface area contributed by atoms with Crippen LogP contribution in [0.15, 0.2) is 24.3 Å². The summed E-state index contributed by atoms with van der Waals surface area (Å²) in [7, 11) is 0. The summed E-state index contributed by atoms with van der Waals surface area (Å²) in [4.78, 5) is 25.1. The number of anilines is 1. The Labute approximate surface area is 125 Å². The first-order valence-electron chi connectivity index (χ1n) is 6.69. The molecule has 0 aliphatic carbocycles. The zero-order chi connectivity index (χ0) is 16.2. The number of nitrogens with one attached hydrogen (secondary N) is 1. The van der Waals surface area contributed by atoms with E-state index in [0.717, 1.165) is 12.1 Å². The van der Waals surface area contributed by atoms with Crippen molar-refractivity contribution in [1.29, 1.82) is 0 Å². The second-order valence-electron chi connectivity index (χ2n) is 4.80. The highest BCUT2D eigenvalue weighted by molar-refractivity contribution is 6.03. The van der Waals surface area contributed by atoms with Gasteiger partial charge in [-0.2, -0.15) is 13.2 Å². The van der Waals surface area contributed by atoms with Gasteiger partial charge >= 0.3 is 6.18 Å². The summed E-state index contributed by atoms with van der Waals surface area (Å²) in [5.41, 5.74) is -0.848. The number of ether oxygens (including phenoxy) is 1. The van der Waals surface area contributed by atoms with Gasteiger partial charge in [-0.05, 0) is 18.2 Å². The molecule has 5 nitrogen and oxygen atoms in total. The van der Waals surface area contributed by atoms with Crippen LogP contribution in [-0.2, 0) is 20.5 Å². The van der Waals surface area contributed by atoms with E-state index in [1.54, 1.807) is 0 Å². The highest BCUT2D eigenvalue weighted by Crippen LogP contribution is 2.30. The summed E-state index contributed by atoms with van der Waals surface area (Å²) in [5, 5.41) is 2.31. The largest absolute Gasteiger partial charge is 0.416 e. The highest BCUT2D eigenvalue weighted by Gasteiger charge is 2.30. The van der Waals surface area contributed by atoms with Crippen molar-refractivity contribution in [1.82, 2.24) is 4.90 Å². The zero-order valence-corrected chi connectivity index (χ0v) is 11.7. The molecule has 1 aromatic carbocycles. The topological polar surface area (TPSA) is 58.6 Å². The van der Waals surface area contributed by atoms with E-state index >= 15 is 0 Å². The van der Waals surface area contributed by atoms with Gasteiger partial charge in [-0.3, -0.25) is 9.59 Å². The molecule has 2 rings (SSSR count). The maximum Gasteiger partial charge on any atom is 0.416 e. The zero-order valence-electron chi connectivity index (χ0n) is 11.7. The third-order valence-corrected chi connectivity index (χ3v) is 3.15. The molecule has 0 spiro atoms. The van der Waals surface area contributed by atoms with Crippen LogP contribution in [-0.4, -0.2) is 43.0 Å². The van der Waals surface area contributed by atoms with E-state index in [-0.39, 0.29) is 11.6 Å². The van der Waals surface area contributed by atoms with Gasteiger partial charge in [0.05, 0.1) is 18.8 Å². The Bertz CT molecular complexity index is 555. The molecule has 8 heteroatoms. The minimum absolute atomic E-state index is 0.00889. The second-order valence-corrected chi connectivity index (χ2v) is 4.80. The molecule has 1 heterocycles. The summed E-state index contributed by atoms with van der Waals surface area (Å²) in [6.45, 7) is 1.66. The van der Waals surface area contributed by atoms with Crippen molar-refractivity contribution >= 4 is 17.5 Å². The van der Waals surface area contributed by atoms with Crippen molar-refractivity contribution in [3.8, 4) is 0 Å². The van der Waals surface area contributed by atoms with Crippen molar-refractivity contribution in [3.63, 3.8) is 0 Å². The van der Waals surface area contributed by atoms with Crippen LogP contribution in [0.2, 0.25) is 0 Å². The number of carbonyl (C=O) groups excluding carboxylic acids is 2. The minimum Gasteiger partial charge on any atom is -0.378 e. The summed E-state index contributed by atoms with van der Waals surface area (Å²) < 4.78 is 42.8. The fourth-order valence-corrected chi connectivity index (χ4v) is 2.04. The van der Waals surface area contributed by atoms with Gasteiger partial charge in [0.25, 0.3) is 0 Å². The van der Waals surface area contributed by atoms with Crippen molar-refractivity contribution in [2.24, 2.45) is 0 Å². The molecule has 1 aliphatic heterocycles. The van der Waals surface area contributed by atoms with Gasteiger partial charge in [0, 0.05) is 18.8 Å². The predicted octanol–water partition coefficient (Wildman–Crippen LogP) is 1.89. The van der Waals surface area contributed by atoms with Crippen LogP contribution in [0, 0.1) is 0 Å². The Balaban J connectivity index is 1.93. The molecule has 1 aromatic rings. The van der Waals surface area contributed by atoms with E-state index in [0.29, 0.717) is 26.3 Å². The minimum atomic E-state index is -4.48. The Kier molecular flexibility index (Phi) is 5.02. The van der Waals surface area contributed by atoms with Gasteiger partial charge in [0.15, 0.2) is 0 Å². The molecule has 120 valence electrons.